The summed E-state index contributed by atoms with van der Waals surface area (Å²) < 4.78 is 5.23. The van der Waals surface area contributed by atoms with Gasteiger partial charge in [0.2, 0.25) is 0 Å². The van der Waals surface area contributed by atoms with Gasteiger partial charge in [0.25, 0.3) is 0 Å². The Morgan fingerprint density at radius 2 is 1.74 bits per heavy atom. The van der Waals surface area contributed by atoms with Gasteiger partial charge in [-0.25, -0.2) is 4.79 Å². The van der Waals surface area contributed by atoms with Crippen molar-refractivity contribution in [1.29, 1.82) is 0 Å². The van der Waals surface area contributed by atoms with Gasteiger partial charge >= 0.3 is 6.16 Å². The predicted molar refractivity (Wildman–Crippen MR) is 110 cm³/mol. The summed E-state index contributed by atoms with van der Waals surface area (Å²) in [5.41, 5.74) is 1.15. The molecule has 2 N–H and O–H groups in total. The minimum absolute atomic E-state index is 0.373. The largest absolute Gasteiger partial charge is 0.506 e. The Balaban J connectivity index is 1.90. The Labute approximate surface area is 159 Å². The van der Waals surface area contributed by atoms with Crippen molar-refractivity contribution in [2.45, 2.75) is 25.4 Å². The number of benzene rings is 3. The monoisotopic (exact) mass is 363 g/mol. The molecule has 4 heteroatoms. The zero-order valence-corrected chi connectivity index (χ0v) is 15.4. The van der Waals surface area contributed by atoms with Crippen LogP contribution in [0.15, 0.2) is 67.3 Å². The van der Waals surface area contributed by atoms with E-state index in [0.29, 0.717) is 12.8 Å². The van der Waals surface area contributed by atoms with Gasteiger partial charge in [-0.05, 0) is 52.6 Å². The summed E-state index contributed by atoms with van der Waals surface area (Å²) in [7, 11) is 0. The van der Waals surface area contributed by atoms with Crippen LogP contribution in [0.25, 0.3) is 21.5 Å². The third-order valence-corrected chi connectivity index (χ3v) is 4.75. The van der Waals surface area contributed by atoms with Gasteiger partial charge in [-0.15, -0.1) is 6.58 Å². The van der Waals surface area contributed by atoms with Gasteiger partial charge in [0.05, 0.1) is 0 Å². The molecule has 0 aliphatic rings. The molecule has 0 saturated carbocycles. The van der Waals surface area contributed by atoms with Gasteiger partial charge in [-0.1, -0.05) is 54.6 Å². The Morgan fingerprint density at radius 1 is 1.11 bits per heavy atom. The van der Waals surface area contributed by atoms with Crippen LogP contribution in [-0.2, 0) is 11.2 Å². The highest BCUT2D eigenvalue weighted by Crippen LogP contribution is 2.30. The van der Waals surface area contributed by atoms with Crippen molar-refractivity contribution in [2.24, 2.45) is 0 Å². The van der Waals surface area contributed by atoms with Crippen LogP contribution in [0, 0.1) is 0 Å². The number of carboxylic acid groups (broad SMARTS) is 1. The van der Waals surface area contributed by atoms with Gasteiger partial charge in [0.1, 0.15) is 6.10 Å². The molecule has 1 unspecified atom stereocenters. The summed E-state index contributed by atoms with van der Waals surface area (Å²) >= 11 is 0. The lowest BCUT2D eigenvalue weighted by molar-refractivity contribution is 0.0478. The molecular formula is C23H25NO3. The Kier molecular flexibility index (Phi) is 6.44. The Hall–Kier alpha value is -2.85. The van der Waals surface area contributed by atoms with Crippen molar-refractivity contribution >= 4 is 27.7 Å². The fourth-order valence-electron chi connectivity index (χ4n) is 3.56. The minimum Gasteiger partial charge on any atom is -0.450 e. The summed E-state index contributed by atoms with van der Waals surface area (Å²) in [5.74, 6) is 0. The van der Waals surface area contributed by atoms with E-state index in [0.717, 1.165) is 46.6 Å². The maximum absolute atomic E-state index is 11.2. The van der Waals surface area contributed by atoms with Crippen LogP contribution in [0.5, 0.6) is 0 Å². The standard InChI is InChI=1S/C23H25NO3/c1-2-13-24-14-7-10-19(27-23(25)26)16-22-20-11-5-3-8-17(20)15-18-9-4-6-12-21(18)22/h2-6,8-9,11-12,15,19,24H,1,7,10,13-14,16H2,(H,25,26). The smallest absolute Gasteiger partial charge is 0.450 e. The molecule has 0 amide bonds. The molecule has 0 fully saturated rings. The molecule has 3 aromatic carbocycles. The maximum atomic E-state index is 11.2. The highest BCUT2D eigenvalue weighted by molar-refractivity contribution is 6.02. The van der Waals surface area contributed by atoms with E-state index in [1.165, 1.54) is 0 Å². The fourth-order valence-corrected chi connectivity index (χ4v) is 3.56. The van der Waals surface area contributed by atoms with Crippen LogP contribution in [-0.4, -0.2) is 30.5 Å². The van der Waals surface area contributed by atoms with Crippen LogP contribution in [0.3, 0.4) is 0 Å². The van der Waals surface area contributed by atoms with Crippen molar-refractivity contribution in [3.8, 4) is 0 Å². The molecule has 0 aromatic heterocycles. The van der Waals surface area contributed by atoms with Crippen LogP contribution in [0.4, 0.5) is 4.79 Å². The van der Waals surface area contributed by atoms with E-state index in [9.17, 15) is 9.90 Å². The second kappa shape index (κ2) is 9.19. The number of hydrogen-bond donors (Lipinski definition) is 2. The maximum Gasteiger partial charge on any atom is 0.506 e. The zero-order valence-electron chi connectivity index (χ0n) is 15.4. The van der Waals surface area contributed by atoms with Crippen LogP contribution >= 0.6 is 0 Å². The average Bonchev–Trinajstić information content (AvgIpc) is 2.67. The molecule has 3 aromatic rings. The molecule has 0 radical (unpaired) electrons. The van der Waals surface area contributed by atoms with E-state index in [-0.39, 0.29) is 6.10 Å². The molecular weight excluding hydrogens is 338 g/mol. The topological polar surface area (TPSA) is 58.6 Å². The van der Waals surface area contributed by atoms with Crippen LogP contribution in [0.2, 0.25) is 0 Å². The molecule has 0 spiro atoms. The fraction of sp³-hybridized carbons (Fsp3) is 0.261. The van der Waals surface area contributed by atoms with E-state index in [2.05, 4.69) is 42.2 Å². The first-order chi connectivity index (χ1) is 13.2. The Bertz CT molecular complexity index is 881. The van der Waals surface area contributed by atoms with Gasteiger partial charge in [-0.2, -0.15) is 0 Å². The summed E-state index contributed by atoms with van der Waals surface area (Å²) in [5, 5.41) is 17.0. The lowest BCUT2D eigenvalue weighted by Crippen LogP contribution is -2.23. The third kappa shape index (κ3) is 4.86. The van der Waals surface area contributed by atoms with Gasteiger partial charge in [0, 0.05) is 13.0 Å². The van der Waals surface area contributed by atoms with E-state index >= 15 is 0 Å². The molecule has 1 atom stereocenters. The van der Waals surface area contributed by atoms with Gasteiger partial charge < -0.3 is 15.2 Å². The van der Waals surface area contributed by atoms with E-state index in [1.54, 1.807) is 0 Å². The number of ether oxygens (including phenoxy) is 1. The summed E-state index contributed by atoms with van der Waals surface area (Å²) in [4.78, 5) is 11.2. The molecule has 3 rings (SSSR count). The molecule has 27 heavy (non-hydrogen) atoms. The molecule has 0 heterocycles. The molecule has 0 saturated heterocycles. The van der Waals surface area contributed by atoms with Gasteiger partial charge in [0.15, 0.2) is 0 Å². The van der Waals surface area contributed by atoms with E-state index < -0.39 is 6.16 Å². The number of carbonyl (C=O) groups is 1. The lowest BCUT2D eigenvalue weighted by atomic mass is 9.92. The third-order valence-electron chi connectivity index (χ3n) is 4.75. The Morgan fingerprint density at radius 3 is 2.33 bits per heavy atom. The average molecular weight is 363 g/mol. The van der Waals surface area contributed by atoms with E-state index in [4.69, 9.17) is 4.74 Å². The normalized spacial score (nSPS) is 12.1. The van der Waals surface area contributed by atoms with Crippen molar-refractivity contribution in [3.05, 3.63) is 72.8 Å². The SMILES string of the molecule is C=CCNCCCC(Cc1c2ccccc2cc2ccccc12)OC(=O)O. The van der Waals surface area contributed by atoms with Crippen LogP contribution < -0.4 is 5.32 Å². The van der Waals surface area contributed by atoms with Crippen molar-refractivity contribution in [1.82, 2.24) is 5.32 Å². The summed E-state index contributed by atoms with van der Waals surface area (Å²) in [6.07, 6.45) is 2.30. The second-order valence-electron chi connectivity index (χ2n) is 6.64. The molecule has 4 nitrogen and oxygen atoms in total. The zero-order chi connectivity index (χ0) is 19.1. The minimum atomic E-state index is -1.22. The first-order valence-electron chi connectivity index (χ1n) is 9.29. The summed E-state index contributed by atoms with van der Waals surface area (Å²) in [6, 6.07) is 18.7. The van der Waals surface area contributed by atoms with Crippen molar-refractivity contribution < 1.29 is 14.6 Å². The number of rotatable bonds is 9. The first kappa shape index (κ1) is 18.9. The molecule has 0 aliphatic carbocycles. The number of hydrogen-bond acceptors (Lipinski definition) is 3. The molecule has 0 aliphatic heterocycles. The second-order valence-corrected chi connectivity index (χ2v) is 6.64. The highest BCUT2D eigenvalue weighted by Gasteiger charge is 2.18. The molecule has 0 bridgehead atoms. The quantitative estimate of drug-likeness (QED) is 0.239. The highest BCUT2D eigenvalue weighted by atomic mass is 16.7. The summed E-state index contributed by atoms with van der Waals surface area (Å²) in [6.45, 7) is 5.24. The number of fused-ring (bicyclic) bond motifs is 2. The lowest BCUT2D eigenvalue weighted by Gasteiger charge is -2.19. The van der Waals surface area contributed by atoms with Crippen molar-refractivity contribution in [3.63, 3.8) is 0 Å². The number of nitrogens with one attached hydrogen (secondary N) is 1. The van der Waals surface area contributed by atoms with E-state index in [1.807, 2.05) is 30.3 Å². The first-order valence-corrected chi connectivity index (χ1v) is 9.29. The molecule has 140 valence electrons. The predicted octanol–water partition coefficient (Wildman–Crippen LogP) is 5.15. The van der Waals surface area contributed by atoms with Gasteiger partial charge in [-0.3, -0.25) is 0 Å². The van der Waals surface area contributed by atoms with Crippen LogP contribution in [0.1, 0.15) is 18.4 Å². The van der Waals surface area contributed by atoms with Crippen molar-refractivity contribution in [2.75, 3.05) is 13.1 Å².